The number of nitrogens with one attached hydrogen (secondary N) is 1. The summed E-state index contributed by atoms with van der Waals surface area (Å²) in [5.41, 5.74) is 0. The molecule has 0 aliphatic rings. The molecule has 0 fully saturated rings. The highest BCUT2D eigenvalue weighted by atomic mass is 16.5. The third-order valence-electron chi connectivity index (χ3n) is 13.3. The summed E-state index contributed by atoms with van der Waals surface area (Å²) in [6.07, 6.45) is 64.5. The number of hydrogen-bond acceptors (Lipinski definition) is 5. The first-order chi connectivity index (χ1) is 31.5. The number of rotatable bonds is 53. The lowest BCUT2D eigenvalue weighted by atomic mass is 10.0. The van der Waals surface area contributed by atoms with Crippen molar-refractivity contribution < 1.29 is 24.5 Å². The minimum absolute atomic E-state index is 0.00169. The molecule has 2 atom stereocenters. The van der Waals surface area contributed by atoms with Crippen LogP contribution in [0.3, 0.4) is 0 Å². The Hall–Kier alpha value is -1.66. The Kier molecular flexibility index (Phi) is 52.6. The highest BCUT2D eigenvalue weighted by Gasteiger charge is 2.20. The van der Waals surface area contributed by atoms with Crippen molar-refractivity contribution >= 4 is 11.9 Å². The van der Waals surface area contributed by atoms with Gasteiger partial charge in [0.05, 0.1) is 25.4 Å². The maximum Gasteiger partial charge on any atom is 0.305 e. The van der Waals surface area contributed by atoms with Crippen LogP contribution in [0.15, 0.2) is 24.3 Å². The first kappa shape index (κ1) is 62.3. The third kappa shape index (κ3) is 49.8. The van der Waals surface area contributed by atoms with Crippen molar-refractivity contribution in [1.29, 1.82) is 0 Å². The summed E-state index contributed by atoms with van der Waals surface area (Å²) in [5, 5.41) is 23.2. The molecule has 0 rings (SSSR count). The van der Waals surface area contributed by atoms with Crippen LogP contribution in [-0.4, -0.2) is 47.4 Å². The number of amides is 1. The maximum atomic E-state index is 12.4. The molecule has 64 heavy (non-hydrogen) atoms. The SMILES string of the molecule is CCCCC/C=C\C/C=C\CCCCCCCCCCCC(=O)OCCCCCCCCCCCCCCCCCCCC(=O)NC(CO)C(O)CCCCCCCCCCCCC. The van der Waals surface area contributed by atoms with Gasteiger partial charge in [-0.2, -0.15) is 0 Å². The lowest BCUT2D eigenvalue weighted by Crippen LogP contribution is -2.45. The molecule has 3 N–H and O–H groups in total. The van der Waals surface area contributed by atoms with Crippen LogP contribution >= 0.6 is 0 Å². The largest absolute Gasteiger partial charge is 0.466 e. The maximum absolute atomic E-state index is 12.4. The van der Waals surface area contributed by atoms with Gasteiger partial charge in [-0.15, -0.1) is 0 Å². The number of carbonyl (C=O) groups is 2. The van der Waals surface area contributed by atoms with Gasteiger partial charge in [-0.3, -0.25) is 9.59 Å². The van der Waals surface area contributed by atoms with E-state index >= 15 is 0 Å². The topological polar surface area (TPSA) is 95.9 Å². The van der Waals surface area contributed by atoms with Gasteiger partial charge in [-0.05, 0) is 57.8 Å². The van der Waals surface area contributed by atoms with Gasteiger partial charge in [0.15, 0.2) is 0 Å². The highest BCUT2D eigenvalue weighted by Crippen LogP contribution is 2.17. The molecule has 0 aromatic heterocycles. The molecule has 0 saturated carbocycles. The Balaban J connectivity index is 3.38. The number of aliphatic hydroxyl groups is 2. The van der Waals surface area contributed by atoms with Gasteiger partial charge < -0.3 is 20.3 Å². The molecule has 6 nitrogen and oxygen atoms in total. The van der Waals surface area contributed by atoms with Crippen LogP contribution in [0.4, 0.5) is 0 Å². The predicted octanol–water partition coefficient (Wildman–Crippen LogP) is 17.5. The molecule has 0 spiro atoms. The minimum Gasteiger partial charge on any atom is -0.466 e. The van der Waals surface area contributed by atoms with Crippen LogP contribution < -0.4 is 5.32 Å². The number of hydrogen-bond donors (Lipinski definition) is 3. The van der Waals surface area contributed by atoms with Crippen LogP contribution in [0.1, 0.15) is 309 Å². The number of ether oxygens (including phenoxy) is 1. The van der Waals surface area contributed by atoms with E-state index in [1.807, 2.05) is 0 Å². The van der Waals surface area contributed by atoms with Gasteiger partial charge in [0.1, 0.15) is 0 Å². The second-order valence-corrected chi connectivity index (χ2v) is 19.6. The Labute approximate surface area is 399 Å². The molecule has 0 aliphatic carbocycles. The molecule has 6 heteroatoms. The van der Waals surface area contributed by atoms with Gasteiger partial charge >= 0.3 is 5.97 Å². The minimum atomic E-state index is -0.666. The van der Waals surface area contributed by atoms with Gasteiger partial charge in [0, 0.05) is 12.8 Å². The molecule has 378 valence electrons. The second-order valence-electron chi connectivity index (χ2n) is 19.6. The average Bonchev–Trinajstić information content (AvgIpc) is 3.29. The summed E-state index contributed by atoms with van der Waals surface area (Å²) < 4.78 is 5.49. The molecule has 0 heterocycles. The molecule has 0 aromatic rings. The summed E-state index contributed by atoms with van der Waals surface area (Å²) in [5.74, 6) is -0.0392. The summed E-state index contributed by atoms with van der Waals surface area (Å²) in [6, 6.07) is -0.544. The second kappa shape index (κ2) is 54.0. The van der Waals surface area contributed by atoms with Crippen molar-refractivity contribution in [3.8, 4) is 0 Å². The zero-order chi connectivity index (χ0) is 46.5. The zero-order valence-electron chi connectivity index (χ0n) is 43.0. The van der Waals surface area contributed by atoms with Crippen molar-refractivity contribution in [1.82, 2.24) is 5.32 Å². The highest BCUT2D eigenvalue weighted by molar-refractivity contribution is 5.76. The van der Waals surface area contributed by atoms with Crippen LogP contribution in [-0.2, 0) is 14.3 Å². The standard InChI is InChI=1S/C58H111NO5/c1-3-5-7-9-11-13-15-16-17-18-19-22-25-28-32-36-40-44-48-52-58(63)64-53-49-45-41-37-33-29-26-23-20-21-24-27-31-35-39-43-47-51-57(62)59-55(54-60)56(61)50-46-42-38-34-30-14-12-10-8-6-4-2/h11,13,16-17,55-56,60-61H,3-10,12,14-15,18-54H2,1-2H3,(H,59,62)/b13-11-,17-16-. The van der Waals surface area contributed by atoms with Crippen molar-refractivity contribution in [2.24, 2.45) is 0 Å². The fraction of sp³-hybridized carbons (Fsp3) is 0.897. The molecule has 0 aliphatic heterocycles. The van der Waals surface area contributed by atoms with Crippen LogP contribution in [0.2, 0.25) is 0 Å². The fourth-order valence-corrected chi connectivity index (χ4v) is 8.85. The summed E-state index contributed by atoms with van der Waals surface area (Å²) in [6.45, 7) is 4.92. The van der Waals surface area contributed by atoms with Gasteiger partial charge in [-0.1, -0.05) is 263 Å². The van der Waals surface area contributed by atoms with Gasteiger partial charge in [0.25, 0.3) is 0 Å². The van der Waals surface area contributed by atoms with E-state index in [2.05, 4.69) is 43.5 Å². The Morgan fingerprint density at radius 1 is 0.438 bits per heavy atom. The molecule has 2 unspecified atom stereocenters. The van der Waals surface area contributed by atoms with Crippen LogP contribution in [0.25, 0.3) is 0 Å². The summed E-state index contributed by atoms with van der Waals surface area (Å²) >= 11 is 0. The third-order valence-corrected chi connectivity index (χ3v) is 13.3. The van der Waals surface area contributed by atoms with E-state index in [-0.39, 0.29) is 18.5 Å². The van der Waals surface area contributed by atoms with E-state index in [4.69, 9.17) is 4.74 Å². The molecular weight excluding hydrogens is 791 g/mol. The number of carbonyl (C=O) groups excluding carboxylic acids is 2. The van der Waals surface area contributed by atoms with E-state index in [0.717, 1.165) is 51.4 Å². The van der Waals surface area contributed by atoms with Crippen LogP contribution in [0.5, 0.6) is 0 Å². The molecule has 0 saturated heterocycles. The molecular formula is C58H111NO5. The van der Waals surface area contributed by atoms with E-state index in [9.17, 15) is 19.8 Å². The number of aliphatic hydroxyl groups excluding tert-OH is 2. The van der Waals surface area contributed by atoms with E-state index < -0.39 is 12.1 Å². The lowest BCUT2D eigenvalue weighted by Gasteiger charge is -2.22. The van der Waals surface area contributed by atoms with Crippen molar-refractivity contribution in [2.45, 2.75) is 321 Å². The fourth-order valence-electron chi connectivity index (χ4n) is 8.85. The number of esters is 1. The number of unbranched alkanes of at least 4 members (excludes halogenated alkanes) is 38. The first-order valence-electron chi connectivity index (χ1n) is 28.6. The molecule has 0 bridgehead atoms. The molecule has 0 radical (unpaired) electrons. The average molecular weight is 903 g/mol. The summed E-state index contributed by atoms with van der Waals surface area (Å²) in [4.78, 5) is 24.5. The normalized spacial score (nSPS) is 12.8. The van der Waals surface area contributed by atoms with Crippen molar-refractivity contribution in [3.63, 3.8) is 0 Å². The quantitative estimate of drug-likeness (QED) is 0.0321. The summed E-state index contributed by atoms with van der Waals surface area (Å²) in [7, 11) is 0. The Morgan fingerprint density at radius 2 is 0.781 bits per heavy atom. The zero-order valence-corrected chi connectivity index (χ0v) is 43.0. The Morgan fingerprint density at radius 3 is 1.22 bits per heavy atom. The first-order valence-corrected chi connectivity index (χ1v) is 28.6. The molecule has 1 amide bonds. The van der Waals surface area contributed by atoms with E-state index in [0.29, 0.717) is 25.9 Å². The lowest BCUT2D eigenvalue weighted by molar-refractivity contribution is -0.143. The van der Waals surface area contributed by atoms with E-state index in [1.165, 1.54) is 225 Å². The Bertz CT molecular complexity index is 997. The number of allylic oxidation sites excluding steroid dienone is 4. The van der Waals surface area contributed by atoms with Crippen molar-refractivity contribution in [2.75, 3.05) is 13.2 Å². The van der Waals surface area contributed by atoms with Gasteiger partial charge in [0.2, 0.25) is 5.91 Å². The van der Waals surface area contributed by atoms with Gasteiger partial charge in [-0.25, -0.2) is 0 Å². The predicted molar refractivity (Wildman–Crippen MR) is 278 cm³/mol. The monoisotopic (exact) mass is 902 g/mol. The smallest absolute Gasteiger partial charge is 0.305 e. The van der Waals surface area contributed by atoms with E-state index in [1.54, 1.807) is 0 Å². The van der Waals surface area contributed by atoms with Crippen LogP contribution in [0, 0.1) is 0 Å². The van der Waals surface area contributed by atoms with Crippen molar-refractivity contribution in [3.05, 3.63) is 24.3 Å². The molecule has 0 aromatic carbocycles.